The summed E-state index contributed by atoms with van der Waals surface area (Å²) < 4.78 is 5.20. The number of nitrogens with one attached hydrogen (secondary N) is 2. The first-order valence-corrected chi connectivity index (χ1v) is 9.01. The average Bonchev–Trinajstić information content (AvgIpc) is 2.60. The summed E-state index contributed by atoms with van der Waals surface area (Å²) in [6.07, 6.45) is 6.09. The van der Waals surface area contributed by atoms with Crippen molar-refractivity contribution in [2.45, 2.75) is 70.1 Å². The molecule has 0 aromatic heterocycles. The molecule has 1 aliphatic carbocycles. The molecule has 1 aromatic rings. The summed E-state index contributed by atoms with van der Waals surface area (Å²) in [6, 6.07) is 7.92. The highest BCUT2D eigenvalue weighted by Gasteiger charge is 2.22. The summed E-state index contributed by atoms with van der Waals surface area (Å²) in [5.74, 6) is 0.818. The van der Waals surface area contributed by atoms with Gasteiger partial charge in [0.1, 0.15) is 5.75 Å². The number of urea groups is 1. The van der Waals surface area contributed by atoms with Crippen LogP contribution in [-0.4, -0.2) is 30.4 Å². The van der Waals surface area contributed by atoms with Gasteiger partial charge in [0, 0.05) is 6.04 Å². The van der Waals surface area contributed by atoms with Crippen LogP contribution >= 0.6 is 0 Å². The van der Waals surface area contributed by atoms with Gasteiger partial charge in [-0.15, -0.1) is 0 Å². The van der Waals surface area contributed by atoms with E-state index in [9.17, 15) is 9.90 Å². The summed E-state index contributed by atoms with van der Waals surface area (Å²) in [5, 5.41) is 15.7. The van der Waals surface area contributed by atoms with Crippen LogP contribution in [0.4, 0.5) is 4.79 Å². The molecule has 1 fully saturated rings. The fourth-order valence-electron chi connectivity index (χ4n) is 3.17. The highest BCUT2D eigenvalue weighted by atomic mass is 16.5. The minimum atomic E-state index is -0.206. The summed E-state index contributed by atoms with van der Waals surface area (Å²) in [6.45, 7) is 2.15. The molecule has 0 radical (unpaired) electrons. The molecule has 3 N–H and O–H groups in total. The van der Waals surface area contributed by atoms with Gasteiger partial charge in [0.2, 0.25) is 0 Å². The topological polar surface area (TPSA) is 70.6 Å². The van der Waals surface area contributed by atoms with Gasteiger partial charge in [-0.3, -0.25) is 0 Å². The molecule has 24 heavy (non-hydrogen) atoms. The third kappa shape index (κ3) is 5.71. The minimum Gasteiger partial charge on any atom is -0.497 e. The Morgan fingerprint density at radius 2 is 1.92 bits per heavy atom. The summed E-state index contributed by atoms with van der Waals surface area (Å²) in [4.78, 5) is 12.4. The molecule has 0 heterocycles. The van der Waals surface area contributed by atoms with Crippen molar-refractivity contribution in [1.82, 2.24) is 10.6 Å². The van der Waals surface area contributed by atoms with Crippen molar-refractivity contribution in [3.63, 3.8) is 0 Å². The van der Waals surface area contributed by atoms with Crippen LogP contribution in [-0.2, 0) is 0 Å². The molecule has 5 nitrogen and oxygen atoms in total. The number of aliphatic hydroxyl groups is 1. The number of aliphatic hydroxyl groups excluding tert-OH is 1. The minimum absolute atomic E-state index is 0.00466. The molecule has 1 aliphatic rings. The Balaban J connectivity index is 1.92. The zero-order chi connectivity index (χ0) is 17.4. The lowest BCUT2D eigenvalue weighted by Crippen LogP contribution is -2.45. The lowest BCUT2D eigenvalue weighted by molar-refractivity contribution is 0.117. The Morgan fingerprint density at radius 1 is 1.25 bits per heavy atom. The van der Waals surface area contributed by atoms with Crippen molar-refractivity contribution in [2.24, 2.45) is 0 Å². The van der Waals surface area contributed by atoms with E-state index in [2.05, 4.69) is 17.6 Å². The van der Waals surface area contributed by atoms with E-state index >= 15 is 0 Å². The van der Waals surface area contributed by atoms with Crippen LogP contribution in [0.25, 0.3) is 0 Å². The van der Waals surface area contributed by atoms with Crippen LogP contribution in [0.1, 0.15) is 63.5 Å². The van der Waals surface area contributed by atoms with E-state index < -0.39 is 0 Å². The van der Waals surface area contributed by atoms with Crippen LogP contribution in [0, 0.1) is 0 Å². The first-order chi connectivity index (χ1) is 11.6. The van der Waals surface area contributed by atoms with Crippen molar-refractivity contribution in [2.75, 3.05) is 7.11 Å². The maximum atomic E-state index is 12.4. The van der Waals surface area contributed by atoms with Crippen molar-refractivity contribution >= 4 is 6.03 Å². The number of amides is 2. The molecule has 5 heteroatoms. The normalized spacial score (nSPS) is 21.8. The second-order valence-corrected chi connectivity index (χ2v) is 6.59. The van der Waals surface area contributed by atoms with Gasteiger partial charge in [0.25, 0.3) is 0 Å². The standard InChI is InChI=1S/C19H30N2O3/c1-3-4-5-18(14-6-12-17(24-2)13-7-14)21-19(23)20-15-8-10-16(22)11-9-15/h6-7,12-13,15-16,18,22H,3-5,8-11H2,1-2H3,(H2,20,21,23). The Kier molecular flexibility index (Phi) is 7.37. The molecular formula is C19H30N2O3. The second-order valence-electron chi connectivity index (χ2n) is 6.59. The molecular weight excluding hydrogens is 304 g/mol. The van der Waals surface area contributed by atoms with Gasteiger partial charge in [-0.25, -0.2) is 4.79 Å². The smallest absolute Gasteiger partial charge is 0.315 e. The Labute approximate surface area is 144 Å². The molecule has 1 aromatic carbocycles. The Hall–Kier alpha value is -1.75. The van der Waals surface area contributed by atoms with Crippen LogP contribution in [0.15, 0.2) is 24.3 Å². The van der Waals surface area contributed by atoms with Crippen molar-refractivity contribution in [3.8, 4) is 5.75 Å². The number of methoxy groups -OCH3 is 1. The van der Waals surface area contributed by atoms with E-state index in [0.29, 0.717) is 0 Å². The molecule has 0 aliphatic heterocycles. The zero-order valence-electron chi connectivity index (χ0n) is 14.8. The third-order valence-electron chi connectivity index (χ3n) is 4.70. The van der Waals surface area contributed by atoms with Crippen LogP contribution in [0.5, 0.6) is 5.75 Å². The molecule has 2 rings (SSSR count). The number of ether oxygens (including phenoxy) is 1. The van der Waals surface area contributed by atoms with Crippen molar-refractivity contribution in [1.29, 1.82) is 0 Å². The van der Waals surface area contributed by atoms with Crippen molar-refractivity contribution in [3.05, 3.63) is 29.8 Å². The van der Waals surface area contributed by atoms with Gasteiger partial charge in [-0.1, -0.05) is 31.9 Å². The molecule has 1 unspecified atom stereocenters. The van der Waals surface area contributed by atoms with Crippen LogP contribution in [0.3, 0.4) is 0 Å². The van der Waals surface area contributed by atoms with E-state index in [0.717, 1.165) is 56.3 Å². The fraction of sp³-hybridized carbons (Fsp3) is 0.632. The van der Waals surface area contributed by atoms with Gasteiger partial charge in [-0.05, 0) is 49.8 Å². The zero-order valence-corrected chi connectivity index (χ0v) is 14.8. The molecule has 1 saturated carbocycles. The predicted octanol–water partition coefficient (Wildman–Crippen LogP) is 3.53. The highest BCUT2D eigenvalue weighted by molar-refractivity contribution is 5.74. The highest BCUT2D eigenvalue weighted by Crippen LogP contribution is 2.23. The molecule has 0 bridgehead atoms. The lowest BCUT2D eigenvalue weighted by Gasteiger charge is -2.27. The van der Waals surface area contributed by atoms with E-state index in [1.165, 1.54) is 0 Å². The van der Waals surface area contributed by atoms with E-state index in [4.69, 9.17) is 4.74 Å². The Morgan fingerprint density at radius 3 is 2.50 bits per heavy atom. The summed E-state index contributed by atoms with van der Waals surface area (Å²) >= 11 is 0. The van der Waals surface area contributed by atoms with Gasteiger partial charge in [0.05, 0.1) is 19.3 Å². The number of hydrogen-bond donors (Lipinski definition) is 3. The molecule has 1 atom stereocenters. The third-order valence-corrected chi connectivity index (χ3v) is 4.70. The Bertz CT molecular complexity index is 496. The van der Waals surface area contributed by atoms with Crippen LogP contribution in [0.2, 0.25) is 0 Å². The SMILES string of the molecule is CCCCC(NC(=O)NC1CCC(O)CC1)c1ccc(OC)cc1. The molecule has 0 spiro atoms. The largest absolute Gasteiger partial charge is 0.497 e. The monoisotopic (exact) mass is 334 g/mol. The number of rotatable bonds is 7. The predicted molar refractivity (Wildman–Crippen MR) is 95.2 cm³/mol. The molecule has 2 amide bonds. The molecule has 134 valence electrons. The number of carbonyl (C=O) groups excluding carboxylic acids is 1. The molecule has 0 saturated heterocycles. The first-order valence-electron chi connectivity index (χ1n) is 9.01. The van der Waals surface area contributed by atoms with Gasteiger partial charge in [0.15, 0.2) is 0 Å². The van der Waals surface area contributed by atoms with Crippen molar-refractivity contribution < 1.29 is 14.6 Å². The number of carbonyl (C=O) groups is 1. The number of hydrogen-bond acceptors (Lipinski definition) is 3. The van der Waals surface area contributed by atoms with E-state index in [-0.39, 0.29) is 24.2 Å². The summed E-state index contributed by atoms with van der Waals surface area (Å²) in [5.41, 5.74) is 1.10. The number of unbranched alkanes of at least 4 members (excludes halogenated alkanes) is 1. The van der Waals surface area contributed by atoms with Crippen LogP contribution < -0.4 is 15.4 Å². The van der Waals surface area contributed by atoms with E-state index in [1.807, 2.05) is 24.3 Å². The second kappa shape index (κ2) is 9.52. The average molecular weight is 334 g/mol. The van der Waals surface area contributed by atoms with Gasteiger partial charge in [-0.2, -0.15) is 0 Å². The fourth-order valence-corrected chi connectivity index (χ4v) is 3.17. The van der Waals surface area contributed by atoms with E-state index in [1.54, 1.807) is 7.11 Å². The maximum absolute atomic E-state index is 12.4. The first kappa shape index (κ1) is 18.6. The maximum Gasteiger partial charge on any atom is 0.315 e. The number of benzene rings is 1. The lowest BCUT2D eigenvalue weighted by atomic mass is 9.93. The van der Waals surface area contributed by atoms with Gasteiger partial charge < -0.3 is 20.5 Å². The summed E-state index contributed by atoms with van der Waals surface area (Å²) in [7, 11) is 1.65. The quantitative estimate of drug-likeness (QED) is 0.714. The van der Waals surface area contributed by atoms with Gasteiger partial charge >= 0.3 is 6.03 Å².